The lowest BCUT2D eigenvalue weighted by Crippen LogP contribution is -2.27. The van der Waals surface area contributed by atoms with E-state index in [1.165, 1.54) is 5.56 Å². The highest BCUT2D eigenvalue weighted by molar-refractivity contribution is 5.41. The summed E-state index contributed by atoms with van der Waals surface area (Å²) in [6.07, 6.45) is 6.45. The number of anilines is 1. The maximum absolute atomic E-state index is 5.21. The fraction of sp³-hybridized carbons (Fsp3) is 0.375. The molecule has 104 valence electrons. The second kappa shape index (κ2) is 5.49. The van der Waals surface area contributed by atoms with Gasteiger partial charge in [0.05, 0.1) is 13.3 Å². The van der Waals surface area contributed by atoms with Crippen LogP contribution in [-0.4, -0.2) is 29.7 Å². The number of benzene rings is 1. The molecule has 2 heterocycles. The second-order valence-electron chi connectivity index (χ2n) is 5.27. The molecule has 1 aromatic heterocycles. The number of methoxy groups -OCH3 is 1. The molecule has 4 heteroatoms. The lowest BCUT2D eigenvalue weighted by Gasteiger charge is -2.21. The molecule has 0 spiro atoms. The third kappa shape index (κ3) is 2.46. The average molecular weight is 269 g/mol. The summed E-state index contributed by atoms with van der Waals surface area (Å²) in [5, 5.41) is 0. The van der Waals surface area contributed by atoms with Gasteiger partial charge in [-0.05, 0) is 31.0 Å². The second-order valence-corrected chi connectivity index (χ2v) is 5.27. The van der Waals surface area contributed by atoms with Crippen LogP contribution in [0.1, 0.15) is 24.8 Å². The predicted molar refractivity (Wildman–Crippen MR) is 79.2 cm³/mol. The van der Waals surface area contributed by atoms with Crippen molar-refractivity contribution in [3.05, 3.63) is 48.4 Å². The maximum Gasteiger partial charge on any atom is 0.147 e. The molecule has 1 aliphatic rings. The zero-order valence-electron chi connectivity index (χ0n) is 11.9. The van der Waals surface area contributed by atoms with Crippen molar-refractivity contribution in [2.45, 2.75) is 25.3 Å². The van der Waals surface area contributed by atoms with Crippen molar-refractivity contribution in [1.82, 2.24) is 9.97 Å². The lowest BCUT2D eigenvalue weighted by atomic mass is 9.97. The molecular weight excluding hydrogens is 250 g/mol. The molecule has 0 unspecified atom stereocenters. The van der Waals surface area contributed by atoms with Gasteiger partial charge in [-0.1, -0.05) is 12.1 Å². The Hall–Kier alpha value is -2.10. The van der Waals surface area contributed by atoms with Gasteiger partial charge in [0, 0.05) is 30.9 Å². The maximum atomic E-state index is 5.21. The first-order valence-corrected chi connectivity index (χ1v) is 6.94. The topological polar surface area (TPSA) is 38.2 Å². The standard InChI is InChI=1S/C16H19N3O/c1-12-9-14(13-3-5-15(20-2)6-4-13)11-19(12)16-10-17-7-8-18-16/h3-8,10,12,14H,9,11H2,1-2H3/t12-,14+/m1/s1. The van der Waals surface area contributed by atoms with Crippen molar-refractivity contribution in [1.29, 1.82) is 0 Å². The van der Waals surface area contributed by atoms with Gasteiger partial charge in [-0.3, -0.25) is 4.98 Å². The van der Waals surface area contributed by atoms with Crippen LogP contribution in [0.2, 0.25) is 0 Å². The van der Waals surface area contributed by atoms with Crippen LogP contribution in [0.3, 0.4) is 0 Å². The molecule has 0 radical (unpaired) electrons. The zero-order valence-corrected chi connectivity index (χ0v) is 11.9. The van der Waals surface area contributed by atoms with Crippen LogP contribution in [0.4, 0.5) is 5.82 Å². The minimum atomic E-state index is 0.485. The molecule has 1 aromatic carbocycles. The lowest BCUT2D eigenvalue weighted by molar-refractivity contribution is 0.414. The zero-order chi connectivity index (χ0) is 13.9. The van der Waals surface area contributed by atoms with Crippen LogP contribution in [-0.2, 0) is 0 Å². The van der Waals surface area contributed by atoms with Crippen LogP contribution in [0.25, 0.3) is 0 Å². The largest absolute Gasteiger partial charge is 0.497 e. The van der Waals surface area contributed by atoms with Gasteiger partial charge in [-0.15, -0.1) is 0 Å². The van der Waals surface area contributed by atoms with E-state index in [0.717, 1.165) is 24.5 Å². The molecule has 1 saturated heterocycles. The molecule has 2 aromatic rings. The molecule has 2 atom stereocenters. The summed E-state index contributed by atoms with van der Waals surface area (Å²) in [4.78, 5) is 10.9. The normalized spacial score (nSPS) is 22.0. The molecule has 4 nitrogen and oxygen atoms in total. The van der Waals surface area contributed by atoms with E-state index < -0.39 is 0 Å². The van der Waals surface area contributed by atoms with Crippen molar-refractivity contribution in [2.75, 3.05) is 18.6 Å². The highest BCUT2D eigenvalue weighted by atomic mass is 16.5. The van der Waals surface area contributed by atoms with Crippen LogP contribution in [0.5, 0.6) is 5.75 Å². The summed E-state index contributed by atoms with van der Waals surface area (Å²) in [5.74, 6) is 2.42. The average Bonchev–Trinajstić information content (AvgIpc) is 2.90. The van der Waals surface area contributed by atoms with E-state index in [9.17, 15) is 0 Å². The minimum Gasteiger partial charge on any atom is -0.497 e. The molecule has 0 aliphatic carbocycles. The van der Waals surface area contributed by atoms with Crippen molar-refractivity contribution >= 4 is 5.82 Å². The monoisotopic (exact) mass is 269 g/mol. The third-order valence-corrected chi connectivity index (χ3v) is 4.01. The molecule has 20 heavy (non-hydrogen) atoms. The SMILES string of the molecule is COc1ccc([C@H]2C[C@@H](C)N(c3cnccn3)C2)cc1. The minimum absolute atomic E-state index is 0.485. The Kier molecular flexibility index (Phi) is 3.54. The molecule has 0 bridgehead atoms. The van der Waals surface area contributed by atoms with Gasteiger partial charge in [0.15, 0.2) is 0 Å². The van der Waals surface area contributed by atoms with E-state index in [2.05, 4.69) is 33.9 Å². The van der Waals surface area contributed by atoms with Crippen molar-refractivity contribution in [3.63, 3.8) is 0 Å². The van der Waals surface area contributed by atoms with E-state index in [1.54, 1.807) is 19.5 Å². The highest BCUT2D eigenvalue weighted by Crippen LogP contribution is 2.34. The number of rotatable bonds is 3. The van der Waals surface area contributed by atoms with Gasteiger partial charge in [0.2, 0.25) is 0 Å². The summed E-state index contributed by atoms with van der Waals surface area (Å²) < 4.78 is 5.21. The van der Waals surface area contributed by atoms with E-state index in [4.69, 9.17) is 4.74 Å². The first-order valence-electron chi connectivity index (χ1n) is 6.94. The summed E-state index contributed by atoms with van der Waals surface area (Å²) >= 11 is 0. The Balaban J connectivity index is 1.77. The van der Waals surface area contributed by atoms with Crippen molar-refractivity contribution < 1.29 is 4.74 Å². The molecule has 0 amide bonds. The van der Waals surface area contributed by atoms with Crippen LogP contribution in [0, 0.1) is 0 Å². The van der Waals surface area contributed by atoms with Crippen molar-refractivity contribution in [3.8, 4) is 5.75 Å². The molecule has 1 aliphatic heterocycles. The molecule has 3 rings (SSSR count). The number of nitrogens with zero attached hydrogens (tertiary/aromatic N) is 3. The number of ether oxygens (including phenoxy) is 1. The van der Waals surface area contributed by atoms with Gasteiger partial charge < -0.3 is 9.64 Å². The van der Waals surface area contributed by atoms with Gasteiger partial charge in [0.25, 0.3) is 0 Å². The summed E-state index contributed by atoms with van der Waals surface area (Å²) in [6.45, 7) is 3.24. The van der Waals surface area contributed by atoms with Crippen LogP contribution >= 0.6 is 0 Å². The Morgan fingerprint density at radius 1 is 1.20 bits per heavy atom. The van der Waals surface area contributed by atoms with Crippen LogP contribution in [0.15, 0.2) is 42.9 Å². The quantitative estimate of drug-likeness (QED) is 0.858. The summed E-state index contributed by atoms with van der Waals surface area (Å²) in [5.41, 5.74) is 1.36. The number of aromatic nitrogens is 2. The van der Waals surface area contributed by atoms with E-state index in [0.29, 0.717) is 12.0 Å². The Morgan fingerprint density at radius 2 is 2.00 bits per heavy atom. The smallest absolute Gasteiger partial charge is 0.147 e. The van der Waals surface area contributed by atoms with Crippen molar-refractivity contribution in [2.24, 2.45) is 0 Å². The molecule has 0 N–H and O–H groups in total. The number of hydrogen-bond donors (Lipinski definition) is 0. The predicted octanol–water partition coefficient (Wildman–Crippen LogP) is 2.87. The van der Waals surface area contributed by atoms with Gasteiger partial charge in [-0.25, -0.2) is 4.98 Å². The third-order valence-electron chi connectivity index (χ3n) is 4.01. The summed E-state index contributed by atoms with van der Waals surface area (Å²) in [7, 11) is 1.70. The highest BCUT2D eigenvalue weighted by Gasteiger charge is 2.30. The van der Waals surface area contributed by atoms with Crippen LogP contribution < -0.4 is 9.64 Å². The number of hydrogen-bond acceptors (Lipinski definition) is 4. The Labute approximate surface area is 119 Å². The van der Waals surface area contributed by atoms with E-state index >= 15 is 0 Å². The fourth-order valence-corrected chi connectivity index (χ4v) is 2.91. The van der Waals surface area contributed by atoms with Gasteiger partial charge in [-0.2, -0.15) is 0 Å². The van der Waals surface area contributed by atoms with E-state index in [1.807, 2.05) is 18.3 Å². The summed E-state index contributed by atoms with van der Waals surface area (Å²) in [6, 6.07) is 8.88. The molecular formula is C16H19N3O. The van der Waals surface area contributed by atoms with Gasteiger partial charge >= 0.3 is 0 Å². The molecule has 1 fully saturated rings. The Bertz CT molecular complexity index is 556. The first-order chi connectivity index (χ1) is 9.78. The molecule has 0 saturated carbocycles. The first kappa shape index (κ1) is 12.9. The van der Waals surface area contributed by atoms with Gasteiger partial charge in [0.1, 0.15) is 11.6 Å². The Morgan fingerprint density at radius 3 is 2.65 bits per heavy atom. The van der Waals surface area contributed by atoms with E-state index in [-0.39, 0.29) is 0 Å². The fourth-order valence-electron chi connectivity index (χ4n) is 2.91.